The zero-order chi connectivity index (χ0) is 15.6. The molecule has 1 heterocycles. The van der Waals surface area contributed by atoms with E-state index in [1.165, 1.54) is 0 Å². The van der Waals surface area contributed by atoms with Crippen molar-refractivity contribution in [1.29, 1.82) is 0 Å². The van der Waals surface area contributed by atoms with Gasteiger partial charge in [0.05, 0.1) is 0 Å². The molecule has 1 unspecified atom stereocenters. The highest BCUT2D eigenvalue weighted by Crippen LogP contribution is 2.24. The molecular formula is C16H23ClN2O2. The number of carbonyl (C=O) groups excluding carboxylic acids is 1. The number of carbonyl (C=O) groups is 1. The molecule has 0 aromatic heterocycles. The Balaban J connectivity index is 2.01. The fourth-order valence-corrected chi connectivity index (χ4v) is 2.67. The molecule has 21 heavy (non-hydrogen) atoms. The first-order valence-electron chi connectivity index (χ1n) is 7.26. The number of halogens is 1. The number of rotatable bonds is 1. The first-order chi connectivity index (χ1) is 9.76. The monoisotopic (exact) mass is 310 g/mol. The van der Waals surface area contributed by atoms with Gasteiger partial charge in [-0.3, -0.25) is 0 Å². The lowest BCUT2D eigenvalue weighted by atomic mass is 10.1. The molecule has 0 aliphatic carbocycles. The maximum Gasteiger partial charge on any atom is 0.410 e. The molecule has 4 nitrogen and oxygen atoms in total. The minimum atomic E-state index is -0.454. The fourth-order valence-electron chi connectivity index (χ4n) is 2.49. The second kappa shape index (κ2) is 6.14. The Labute approximate surface area is 131 Å². The highest BCUT2D eigenvalue weighted by Gasteiger charge is 2.29. The van der Waals surface area contributed by atoms with Gasteiger partial charge in [0.2, 0.25) is 0 Å². The summed E-state index contributed by atoms with van der Waals surface area (Å²) >= 11 is 6.05. The van der Waals surface area contributed by atoms with Crippen molar-refractivity contribution in [2.75, 3.05) is 24.5 Å². The second-order valence-electron chi connectivity index (χ2n) is 6.45. The van der Waals surface area contributed by atoms with E-state index in [1.54, 1.807) is 4.90 Å². The zero-order valence-electron chi connectivity index (χ0n) is 13.1. The normalized spacial score (nSPS) is 19.6. The van der Waals surface area contributed by atoms with Crippen molar-refractivity contribution in [2.45, 2.75) is 39.3 Å². The van der Waals surface area contributed by atoms with E-state index >= 15 is 0 Å². The van der Waals surface area contributed by atoms with Crippen LogP contribution >= 0.6 is 11.6 Å². The Morgan fingerprint density at radius 3 is 2.62 bits per heavy atom. The van der Waals surface area contributed by atoms with Crippen molar-refractivity contribution in [2.24, 2.45) is 0 Å². The topological polar surface area (TPSA) is 32.8 Å². The SMILES string of the molecule is CC1CN(C(=O)OC(C)(C)C)CCN1c1cccc(Cl)c1. The van der Waals surface area contributed by atoms with Gasteiger partial charge in [-0.05, 0) is 45.9 Å². The summed E-state index contributed by atoms with van der Waals surface area (Å²) in [6.07, 6.45) is -0.236. The van der Waals surface area contributed by atoms with Crippen molar-refractivity contribution >= 4 is 23.4 Å². The Morgan fingerprint density at radius 2 is 2.05 bits per heavy atom. The highest BCUT2D eigenvalue weighted by atomic mass is 35.5. The molecule has 1 atom stereocenters. The van der Waals surface area contributed by atoms with Crippen LogP contribution in [-0.4, -0.2) is 42.3 Å². The maximum atomic E-state index is 12.1. The van der Waals surface area contributed by atoms with E-state index < -0.39 is 5.60 Å². The number of hydrogen-bond acceptors (Lipinski definition) is 3. The highest BCUT2D eigenvalue weighted by molar-refractivity contribution is 6.30. The number of amides is 1. The lowest BCUT2D eigenvalue weighted by Gasteiger charge is -2.41. The first-order valence-corrected chi connectivity index (χ1v) is 7.64. The molecule has 1 aromatic carbocycles. The predicted octanol–water partition coefficient (Wildman–Crippen LogP) is 3.79. The van der Waals surface area contributed by atoms with Crippen molar-refractivity contribution in [3.8, 4) is 0 Å². The minimum absolute atomic E-state index is 0.227. The van der Waals surface area contributed by atoms with Crippen LogP contribution < -0.4 is 4.90 Å². The third-order valence-corrected chi connectivity index (χ3v) is 3.65. The van der Waals surface area contributed by atoms with Crippen LogP contribution in [0.5, 0.6) is 0 Å². The summed E-state index contributed by atoms with van der Waals surface area (Å²) in [5, 5.41) is 0.731. The number of anilines is 1. The molecule has 1 aliphatic heterocycles. The molecule has 2 rings (SSSR count). The number of ether oxygens (including phenoxy) is 1. The van der Waals surface area contributed by atoms with Crippen LogP contribution in [-0.2, 0) is 4.74 Å². The van der Waals surface area contributed by atoms with Crippen LogP contribution in [0.1, 0.15) is 27.7 Å². The van der Waals surface area contributed by atoms with Gasteiger partial charge in [-0.1, -0.05) is 17.7 Å². The summed E-state index contributed by atoms with van der Waals surface area (Å²) in [5.41, 5.74) is 0.642. The van der Waals surface area contributed by atoms with Gasteiger partial charge in [0.1, 0.15) is 5.60 Å². The van der Waals surface area contributed by atoms with Crippen molar-refractivity contribution in [3.63, 3.8) is 0 Å². The number of nitrogens with zero attached hydrogens (tertiary/aromatic N) is 2. The van der Waals surface area contributed by atoms with Gasteiger partial charge in [-0.15, -0.1) is 0 Å². The summed E-state index contributed by atoms with van der Waals surface area (Å²) in [6.45, 7) is 9.86. The van der Waals surface area contributed by atoms with Crippen molar-refractivity contribution in [1.82, 2.24) is 4.90 Å². The van der Waals surface area contributed by atoms with E-state index in [1.807, 2.05) is 45.0 Å². The van der Waals surface area contributed by atoms with Gasteiger partial charge in [0.15, 0.2) is 0 Å². The Kier molecular flexibility index (Phi) is 4.67. The van der Waals surface area contributed by atoms with Gasteiger partial charge < -0.3 is 14.5 Å². The van der Waals surface area contributed by atoms with Crippen LogP contribution in [0.4, 0.5) is 10.5 Å². The third kappa shape index (κ3) is 4.27. The molecule has 0 saturated carbocycles. The average molecular weight is 311 g/mol. The minimum Gasteiger partial charge on any atom is -0.444 e. The average Bonchev–Trinajstić information content (AvgIpc) is 2.36. The smallest absolute Gasteiger partial charge is 0.410 e. The molecule has 1 aromatic rings. The molecule has 1 aliphatic rings. The summed E-state index contributed by atoms with van der Waals surface area (Å²) in [5.74, 6) is 0. The first kappa shape index (κ1) is 16.0. The van der Waals surface area contributed by atoms with Gasteiger partial charge >= 0.3 is 6.09 Å². The van der Waals surface area contributed by atoms with E-state index in [4.69, 9.17) is 16.3 Å². The van der Waals surface area contributed by atoms with E-state index in [9.17, 15) is 4.79 Å². The Morgan fingerprint density at radius 1 is 1.33 bits per heavy atom. The standard InChI is InChI=1S/C16H23ClN2O2/c1-12-11-18(15(20)21-16(2,3)4)8-9-19(12)14-7-5-6-13(17)10-14/h5-7,10,12H,8-9,11H2,1-4H3. The number of piperazine rings is 1. The summed E-state index contributed by atoms with van der Waals surface area (Å²) in [7, 11) is 0. The Hall–Kier alpha value is -1.42. The van der Waals surface area contributed by atoms with Gasteiger partial charge in [0.25, 0.3) is 0 Å². The zero-order valence-corrected chi connectivity index (χ0v) is 13.9. The van der Waals surface area contributed by atoms with E-state index in [0.717, 1.165) is 17.3 Å². The molecule has 1 saturated heterocycles. The van der Waals surface area contributed by atoms with Gasteiger partial charge in [0, 0.05) is 36.4 Å². The molecule has 5 heteroatoms. The largest absolute Gasteiger partial charge is 0.444 e. The molecule has 0 N–H and O–H groups in total. The second-order valence-corrected chi connectivity index (χ2v) is 6.89. The summed E-state index contributed by atoms with van der Waals surface area (Å²) in [4.78, 5) is 16.2. The van der Waals surface area contributed by atoms with Crippen LogP contribution in [0.15, 0.2) is 24.3 Å². The van der Waals surface area contributed by atoms with Gasteiger partial charge in [-0.25, -0.2) is 4.79 Å². The maximum absolute atomic E-state index is 12.1. The van der Waals surface area contributed by atoms with Crippen LogP contribution in [0.2, 0.25) is 5.02 Å². The van der Waals surface area contributed by atoms with E-state index in [2.05, 4.69) is 11.8 Å². The molecule has 116 valence electrons. The molecular weight excluding hydrogens is 288 g/mol. The van der Waals surface area contributed by atoms with Crippen molar-refractivity contribution < 1.29 is 9.53 Å². The number of hydrogen-bond donors (Lipinski definition) is 0. The lowest BCUT2D eigenvalue weighted by Crippen LogP contribution is -2.54. The van der Waals surface area contributed by atoms with Crippen LogP contribution in [0.3, 0.4) is 0 Å². The molecule has 0 spiro atoms. The third-order valence-electron chi connectivity index (χ3n) is 3.42. The fraction of sp³-hybridized carbons (Fsp3) is 0.562. The quantitative estimate of drug-likeness (QED) is 0.791. The van der Waals surface area contributed by atoms with Crippen LogP contribution in [0, 0.1) is 0 Å². The van der Waals surface area contributed by atoms with E-state index in [-0.39, 0.29) is 12.1 Å². The van der Waals surface area contributed by atoms with Crippen LogP contribution in [0.25, 0.3) is 0 Å². The summed E-state index contributed by atoms with van der Waals surface area (Å²) < 4.78 is 5.43. The molecule has 1 amide bonds. The van der Waals surface area contributed by atoms with Gasteiger partial charge in [-0.2, -0.15) is 0 Å². The molecule has 1 fully saturated rings. The number of benzene rings is 1. The van der Waals surface area contributed by atoms with Crippen molar-refractivity contribution in [3.05, 3.63) is 29.3 Å². The summed E-state index contributed by atoms with van der Waals surface area (Å²) in [6, 6.07) is 8.05. The lowest BCUT2D eigenvalue weighted by molar-refractivity contribution is 0.0219. The predicted molar refractivity (Wildman–Crippen MR) is 86.1 cm³/mol. The molecule has 0 bridgehead atoms. The Bertz CT molecular complexity index is 513. The van der Waals surface area contributed by atoms with E-state index in [0.29, 0.717) is 13.1 Å². The molecule has 0 radical (unpaired) electrons.